The van der Waals surface area contributed by atoms with Crippen LogP contribution in [-0.2, 0) is 6.42 Å². The van der Waals surface area contributed by atoms with Gasteiger partial charge in [0.2, 0.25) is 0 Å². The Morgan fingerprint density at radius 2 is 2.00 bits per heavy atom. The van der Waals surface area contributed by atoms with Crippen molar-refractivity contribution in [3.8, 4) is 12.1 Å². The van der Waals surface area contributed by atoms with Gasteiger partial charge in [-0.3, -0.25) is 0 Å². The van der Waals surface area contributed by atoms with Gasteiger partial charge in [-0.15, -0.1) is 0 Å². The van der Waals surface area contributed by atoms with Crippen LogP contribution < -0.4 is 4.74 Å². The average molecular weight is 253 g/mol. The van der Waals surface area contributed by atoms with Crippen molar-refractivity contribution in [2.75, 3.05) is 6.61 Å². The molecule has 0 amide bonds. The smallest absolute Gasteiger partial charge is 0.317 e. The summed E-state index contributed by atoms with van der Waals surface area (Å²) in [5.74, 6) is 0. The highest BCUT2D eigenvalue weighted by Gasteiger charge is 2.02. The number of aryl methyl sites for hydroxylation is 2. The van der Waals surface area contributed by atoms with Gasteiger partial charge in [0.05, 0.1) is 6.61 Å². The van der Waals surface area contributed by atoms with Gasteiger partial charge in [-0.05, 0) is 31.4 Å². The van der Waals surface area contributed by atoms with E-state index in [0.717, 1.165) is 18.5 Å². The summed E-state index contributed by atoms with van der Waals surface area (Å²) in [7, 11) is 0. The van der Waals surface area contributed by atoms with E-state index in [-0.39, 0.29) is 6.01 Å². The second-order valence-electron chi connectivity index (χ2n) is 4.23. The van der Waals surface area contributed by atoms with Crippen LogP contribution >= 0.6 is 0 Å². The van der Waals surface area contributed by atoms with E-state index in [2.05, 4.69) is 22.1 Å². The van der Waals surface area contributed by atoms with Crippen molar-refractivity contribution < 1.29 is 4.74 Å². The molecule has 1 aromatic carbocycles. The molecule has 0 aliphatic carbocycles. The summed E-state index contributed by atoms with van der Waals surface area (Å²) < 4.78 is 5.48. The quantitative estimate of drug-likeness (QED) is 0.769. The minimum Gasteiger partial charge on any atom is -0.463 e. The summed E-state index contributed by atoms with van der Waals surface area (Å²) in [6, 6.07) is 14.2. The SMILES string of the molecule is Cc1cc(C#N)nc(OCCCc2ccccc2)n1. The zero-order valence-electron chi connectivity index (χ0n) is 10.8. The summed E-state index contributed by atoms with van der Waals surface area (Å²) in [5, 5.41) is 8.81. The van der Waals surface area contributed by atoms with Gasteiger partial charge in [-0.25, -0.2) is 4.98 Å². The first-order valence-electron chi connectivity index (χ1n) is 6.20. The minimum atomic E-state index is 0.282. The molecule has 0 aliphatic rings. The monoisotopic (exact) mass is 253 g/mol. The topological polar surface area (TPSA) is 58.8 Å². The fraction of sp³-hybridized carbons (Fsp3) is 0.267. The Bertz CT molecular complexity index is 576. The summed E-state index contributed by atoms with van der Waals surface area (Å²) in [6.45, 7) is 2.36. The molecule has 4 nitrogen and oxygen atoms in total. The number of nitrogens with zero attached hydrogens (tertiary/aromatic N) is 3. The molecule has 96 valence electrons. The molecule has 2 aromatic rings. The van der Waals surface area contributed by atoms with Crippen molar-refractivity contribution in [3.63, 3.8) is 0 Å². The molecular weight excluding hydrogens is 238 g/mol. The Hall–Kier alpha value is -2.41. The highest BCUT2D eigenvalue weighted by atomic mass is 16.5. The summed E-state index contributed by atoms with van der Waals surface area (Å²) in [4.78, 5) is 8.14. The molecule has 0 atom stereocenters. The van der Waals surface area contributed by atoms with Gasteiger partial charge in [0.15, 0.2) is 0 Å². The Morgan fingerprint density at radius 3 is 2.74 bits per heavy atom. The maximum absolute atomic E-state index is 8.81. The third kappa shape index (κ3) is 4.07. The molecule has 2 rings (SSSR count). The molecule has 0 bridgehead atoms. The predicted molar refractivity (Wildman–Crippen MR) is 71.7 cm³/mol. The third-order valence-electron chi connectivity index (χ3n) is 2.63. The minimum absolute atomic E-state index is 0.282. The van der Waals surface area contributed by atoms with Crippen molar-refractivity contribution >= 4 is 0 Å². The molecule has 1 aromatic heterocycles. The van der Waals surface area contributed by atoms with Crippen molar-refractivity contribution in [2.45, 2.75) is 19.8 Å². The van der Waals surface area contributed by atoms with Gasteiger partial charge in [-0.2, -0.15) is 10.2 Å². The Morgan fingerprint density at radius 1 is 1.21 bits per heavy atom. The van der Waals surface area contributed by atoms with Gasteiger partial charge in [0.25, 0.3) is 0 Å². The van der Waals surface area contributed by atoms with E-state index in [1.54, 1.807) is 6.07 Å². The van der Waals surface area contributed by atoms with Crippen LogP contribution in [0.4, 0.5) is 0 Å². The Balaban J connectivity index is 1.83. The molecule has 0 spiro atoms. The number of aromatic nitrogens is 2. The van der Waals surface area contributed by atoms with Crippen LogP contribution in [0.1, 0.15) is 23.4 Å². The molecule has 0 aliphatic heterocycles. The van der Waals surface area contributed by atoms with E-state index in [9.17, 15) is 0 Å². The number of hydrogen-bond acceptors (Lipinski definition) is 4. The van der Waals surface area contributed by atoms with Crippen molar-refractivity contribution in [1.29, 1.82) is 5.26 Å². The maximum Gasteiger partial charge on any atom is 0.317 e. The first kappa shape index (κ1) is 13.0. The van der Waals surface area contributed by atoms with Crippen molar-refractivity contribution in [1.82, 2.24) is 9.97 Å². The number of hydrogen-bond donors (Lipinski definition) is 0. The lowest BCUT2D eigenvalue weighted by atomic mass is 10.1. The third-order valence-corrected chi connectivity index (χ3v) is 2.63. The van der Waals surface area contributed by atoms with Crippen molar-refractivity contribution in [2.24, 2.45) is 0 Å². The largest absolute Gasteiger partial charge is 0.463 e. The van der Waals surface area contributed by atoms with E-state index in [0.29, 0.717) is 12.3 Å². The summed E-state index contributed by atoms with van der Waals surface area (Å²) in [5.41, 5.74) is 2.36. The van der Waals surface area contributed by atoms with E-state index < -0.39 is 0 Å². The highest BCUT2D eigenvalue weighted by Crippen LogP contribution is 2.08. The fourth-order valence-electron chi connectivity index (χ4n) is 1.75. The van der Waals surface area contributed by atoms with E-state index in [1.165, 1.54) is 5.56 Å². The van der Waals surface area contributed by atoms with Crippen molar-refractivity contribution in [3.05, 3.63) is 53.3 Å². The van der Waals surface area contributed by atoms with Gasteiger partial charge in [0.1, 0.15) is 11.8 Å². The zero-order chi connectivity index (χ0) is 13.5. The first-order valence-corrected chi connectivity index (χ1v) is 6.20. The molecule has 4 heteroatoms. The molecule has 0 unspecified atom stereocenters. The van der Waals surface area contributed by atoms with E-state index >= 15 is 0 Å². The van der Waals surface area contributed by atoms with Gasteiger partial charge >= 0.3 is 6.01 Å². The van der Waals surface area contributed by atoms with Gasteiger partial charge in [-0.1, -0.05) is 30.3 Å². The van der Waals surface area contributed by atoms with E-state index in [4.69, 9.17) is 10.00 Å². The second-order valence-corrected chi connectivity index (χ2v) is 4.23. The summed E-state index contributed by atoms with van der Waals surface area (Å²) in [6.07, 6.45) is 1.85. The zero-order valence-corrected chi connectivity index (χ0v) is 10.8. The second kappa shape index (κ2) is 6.50. The van der Waals surface area contributed by atoms with Gasteiger partial charge in [0, 0.05) is 5.69 Å². The van der Waals surface area contributed by atoms with Crippen LogP contribution in [0.15, 0.2) is 36.4 Å². The van der Waals surface area contributed by atoms with Crippen LogP contribution in [-0.4, -0.2) is 16.6 Å². The number of rotatable bonds is 5. The molecule has 0 fully saturated rings. The summed E-state index contributed by atoms with van der Waals surface area (Å²) >= 11 is 0. The Kier molecular flexibility index (Phi) is 4.46. The molecule has 0 N–H and O–H groups in total. The lowest BCUT2D eigenvalue weighted by molar-refractivity contribution is 0.285. The predicted octanol–water partition coefficient (Wildman–Crippen LogP) is 2.67. The maximum atomic E-state index is 8.81. The normalized spacial score (nSPS) is 9.89. The first-order chi connectivity index (χ1) is 9.28. The molecular formula is C15H15N3O. The Labute approximate surface area is 112 Å². The van der Waals surface area contributed by atoms with Crippen LogP contribution in [0.3, 0.4) is 0 Å². The van der Waals surface area contributed by atoms with Crippen LogP contribution in [0.5, 0.6) is 6.01 Å². The van der Waals surface area contributed by atoms with Gasteiger partial charge < -0.3 is 4.74 Å². The lowest BCUT2D eigenvalue weighted by Crippen LogP contribution is -2.04. The van der Waals surface area contributed by atoms with Crippen LogP contribution in [0.2, 0.25) is 0 Å². The average Bonchev–Trinajstić information content (AvgIpc) is 2.44. The van der Waals surface area contributed by atoms with E-state index in [1.807, 2.05) is 31.2 Å². The standard InChI is InChI=1S/C15H15N3O/c1-12-10-14(11-16)18-15(17-12)19-9-5-8-13-6-3-2-4-7-13/h2-4,6-7,10H,5,8-9H2,1H3. The van der Waals surface area contributed by atoms with Crippen LogP contribution in [0, 0.1) is 18.3 Å². The highest BCUT2D eigenvalue weighted by molar-refractivity contribution is 5.23. The number of benzene rings is 1. The lowest BCUT2D eigenvalue weighted by Gasteiger charge is -2.05. The number of ether oxygens (including phenoxy) is 1. The molecule has 19 heavy (non-hydrogen) atoms. The molecule has 0 radical (unpaired) electrons. The molecule has 0 saturated carbocycles. The fourth-order valence-corrected chi connectivity index (χ4v) is 1.75. The number of nitriles is 1. The molecule has 1 heterocycles. The molecule has 0 saturated heterocycles. The van der Waals surface area contributed by atoms with Crippen LogP contribution in [0.25, 0.3) is 0 Å².